The first-order valence-corrected chi connectivity index (χ1v) is 8.94. The van der Waals surface area contributed by atoms with E-state index in [9.17, 15) is 0 Å². The van der Waals surface area contributed by atoms with Gasteiger partial charge in [0.15, 0.2) is 5.11 Å². The van der Waals surface area contributed by atoms with Gasteiger partial charge in [0.05, 0.1) is 27.7 Å². The third-order valence-electron chi connectivity index (χ3n) is 3.74. The molecule has 0 unspecified atom stereocenters. The summed E-state index contributed by atoms with van der Waals surface area (Å²) in [5, 5.41) is 7.13. The van der Waals surface area contributed by atoms with Crippen LogP contribution in [0.2, 0.25) is 0 Å². The predicted octanol–water partition coefficient (Wildman–Crippen LogP) is 2.63. The molecule has 1 atom stereocenters. The SMILES string of the molecule is COc1cccc([C@@H](CNC(=S)Nc2cccc(Br)c2)[NH+](C)C)c1. The summed E-state index contributed by atoms with van der Waals surface area (Å²) in [4.78, 5) is 1.32. The Labute approximate surface area is 157 Å². The van der Waals surface area contributed by atoms with Crippen molar-refractivity contribution in [2.75, 3.05) is 33.1 Å². The van der Waals surface area contributed by atoms with Crippen LogP contribution in [0, 0.1) is 0 Å². The van der Waals surface area contributed by atoms with Gasteiger partial charge in [0.1, 0.15) is 11.8 Å². The molecule has 2 aromatic rings. The Hall–Kier alpha value is -1.63. The van der Waals surface area contributed by atoms with Crippen LogP contribution < -0.4 is 20.3 Å². The molecule has 24 heavy (non-hydrogen) atoms. The van der Waals surface area contributed by atoms with E-state index >= 15 is 0 Å². The summed E-state index contributed by atoms with van der Waals surface area (Å²) in [6.45, 7) is 0.731. The molecule has 6 heteroatoms. The highest BCUT2D eigenvalue weighted by atomic mass is 79.9. The quantitative estimate of drug-likeness (QED) is 0.642. The summed E-state index contributed by atoms with van der Waals surface area (Å²) in [6, 6.07) is 16.4. The molecule has 3 N–H and O–H groups in total. The minimum absolute atomic E-state index is 0.266. The van der Waals surface area contributed by atoms with Gasteiger partial charge in [-0.25, -0.2) is 0 Å². The first-order chi connectivity index (χ1) is 11.5. The average molecular weight is 409 g/mol. The smallest absolute Gasteiger partial charge is 0.171 e. The summed E-state index contributed by atoms with van der Waals surface area (Å²) in [6.07, 6.45) is 0. The highest BCUT2D eigenvalue weighted by Crippen LogP contribution is 2.17. The lowest BCUT2D eigenvalue weighted by Crippen LogP contribution is -3.07. The summed E-state index contributed by atoms with van der Waals surface area (Å²) in [5.41, 5.74) is 2.17. The summed E-state index contributed by atoms with van der Waals surface area (Å²) in [7, 11) is 5.96. The number of ether oxygens (including phenoxy) is 1. The van der Waals surface area contributed by atoms with Gasteiger partial charge in [0, 0.05) is 15.7 Å². The molecule has 0 aromatic heterocycles. The number of likely N-dealkylation sites (N-methyl/N-ethyl adjacent to an activating group) is 1. The molecule has 0 aliphatic heterocycles. The Morgan fingerprint density at radius 2 is 1.96 bits per heavy atom. The van der Waals surface area contributed by atoms with Crippen LogP contribution in [-0.4, -0.2) is 32.9 Å². The zero-order valence-corrected chi connectivity index (χ0v) is 16.5. The van der Waals surface area contributed by atoms with Crippen LogP contribution in [0.1, 0.15) is 11.6 Å². The van der Waals surface area contributed by atoms with Gasteiger partial charge < -0.3 is 20.3 Å². The molecule has 2 rings (SSSR count). The Balaban J connectivity index is 1.99. The van der Waals surface area contributed by atoms with E-state index in [1.165, 1.54) is 10.5 Å². The molecule has 0 radical (unpaired) electrons. The van der Waals surface area contributed by atoms with Crippen LogP contribution in [0.4, 0.5) is 5.69 Å². The van der Waals surface area contributed by atoms with Crippen molar-refractivity contribution in [1.29, 1.82) is 0 Å². The molecule has 128 valence electrons. The Bertz CT molecular complexity index is 693. The molecular weight excluding hydrogens is 386 g/mol. The maximum Gasteiger partial charge on any atom is 0.171 e. The molecule has 0 spiro atoms. The van der Waals surface area contributed by atoms with Crippen LogP contribution in [0.15, 0.2) is 53.0 Å². The third-order valence-corrected chi connectivity index (χ3v) is 4.48. The van der Waals surface area contributed by atoms with E-state index < -0.39 is 0 Å². The normalized spacial score (nSPS) is 11.9. The van der Waals surface area contributed by atoms with Crippen molar-refractivity contribution in [2.45, 2.75) is 6.04 Å². The van der Waals surface area contributed by atoms with Crippen molar-refractivity contribution < 1.29 is 9.64 Å². The molecule has 0 bridgehead atoms. The largest absolute Gasteiger partial charge is 0.497 e. The summed E-state index contributed by atoms with van der Waals surface area (Å²) < 4.78 is 6.34. The Kier molecular flexibility index (Phi) is 7.02. The maximum atomic E-state index is 5.41. The monoisotopic (exact) mass is 408 g/mol. The van der Waals surface area contributed by atoms with Gasteiger partial charge in [-0.2, -0.15) is 0 Å². The number of thiocarbonyl (C=S) groups is 1. The number of quaternary nitrogens is 1. The molecule has 2 aromatic carbocycles. The fourth-order valence-corrected chi connectivity index (χ4v) is 3.05. The Morgan fingerprint density at radius 1 is 1.21 bits per heavy atom. The Morgan fingerprint density at radius 3 is 2.62 bits per heavy atom. The van der Waals surface area contributed by atoms with Crippen LogP contribution >= 0.6 is 28.1 Å². The molecule has 0 fully saturated rings. The number of benzene rings is 2. The first kappa shape index (κ1) is 18.7. The highest BCUT2D eigenvalue weighted by molar-refractivity contribution is 9.10. The number of anilines is 1. The maximum absolute atomic E-state index is 5.41. The number of halogens is 1. The van der Waals surface area contributed by atoms with Crippen molar-refractivity contribution in [3.05, 3.63) is 58.6 Å². The first-order valence-electron chi connectivity index (χ1n) is 7.74. The predicted molar refractivity (Wildman–Crippen MR) is 107 cm³/mol. The minimum atomic E-state index is 0.266. The van der Waals surface area contributed by atoms with E-state index in [0.29, 0.717) is 5.11 Å². The van der Waals surface area contributed by atoms with Gasteiger partial charge in [0.2, 0.25) is 0 Å². The van der Waals surface area contributed by atoms with Gasteiger partial charge in [-0.05, 0) is 42.5 Å². The number of nitrogens with one attached hydrogen (secondary N) is 3. The van der Waals surface area contributed by atoms with Crippen molar-refractivity contribution >= 4 is 38.9 Å². The van der Waals surface area contributed by atoms with Gasteiger partial charge >= 0.3 is 0 Å². The zero-order valence-electron chi connectivity index (χ0n) is 14.1. The van der Waals surface area contributed by atoms with Crippen molar-refractivity contribution in [3.8, 4) is 5.75 Å². The second-order valence-electron chi connectivity index (χ2n) is 5.75. The van der Waals surface area contributed by atoms with Gasteiger partial charge in [0.25, 0.3) is 0 Å². The fraction of sp³-hybridized carbons (Fsp3) is 0.278. The second kappa shape index (κ2) is 9.01. The standard InChI is InChI=1S/C18H22BrN3OS/c1-22(2)17(13-6-4-9-16(10-13)23-3)12-20-18(24)21-15-8-5-7-14(19)11-15/h4-11,17H,12H2,1-3H3,(H2,20,21,24)/p+1/t17-/m1/s1. The fourth-order valence-electron chi connectivity index (χ4n) is 2.45. The molecule has 0 aliphatic rings. The lowest BCUT2D eigenvalue weighted by atomic mass is 10.1. The average Bonchev–Trinajstić information content (AvgIpc) is 2.55. The second-order valence-corrected chi connectivity index (χ2v) is 7.08. The van der Waals surface area contributed by atoms with E-state index in [1.807, 2.05) is 36.4 Å². The number of hydrogen-bond donors (Lipinski definition) is 3. The van der Waals surface area contributed by atoms with Crippen LogP contribution in [-0.2, 0) is 0 Å². The molecular formula is C18H23BrN3OS+. The third kappa shape index (κ3) is 5.47. The number of methoxy groups -OCH3 is 1. The van der Waals surface area contributed by atoms with Gasteiger partial charge in [-0.3, -0.25) is 0 Å². The highest BCUT2D eigenvalue weighted by Gasteiger charge is 2.18. The van der Waals surface area contributed by atoms with Gasteiger partial charge in [-0.15, -0.1) is 0 Å². The molecule has 4 nitrogen and oxygen atoms in total. The van der Waals surface area contributed by atoms with Crippen molar-refractivity contribution in [2.24, 2.45) is 0 Å². The lowest BCUT2D eigenvalue weighted by Gasteiger charge is -2.23. The van der Waals surface area contributed by atoms with Gasteiger partial charge in [-0.1, -0.05) is 34.1 Å². The van der Waals surface area contributed by atoms with E-state index in [1.54, 1.807) is 7.11 Å². The van der Waals surface area contributed by atoms with Crippen molar-refractivity contribution in [3.63, 3.8) is 0 Å². The topological polar surface area (TPSA) is 37.7 Å². The van der Waals surface area contributed by atoms with E-state index in [-0.39, 0.29) is 6.04 Å². The zero-order chi connectivity index (χ0) is 17.5. The van der Waals surface area contributed by atoms with E-state index in [4.69, 9.17) is 17.0 Å². The number of hydrogen-bond acceptors (Lipinski definition) is 2. The van der Waals surface area contributed by atoms with E-state index in [0.717, 1.165) is 22.5 Å². The minimum Gasteiger partial charge on any atom is -0.497 e. The number of rotatable bonds is 6. The lowest BCUT2D eigenvalue weighted by molar-refractivity contribution is -0.890. The molecule has 0 saturated heterocycles. The summed E-state index contributed by atoms with van der Waals surface area (Å²) >= 11 is 8.87. The molecule has 0 aliphatic carbocycles. The van der Waals surface area contributed by atoms with Crippen LogP contribution in [0.25, 0.3) is 0 Å². The molecule has 0 saturated carbocycles. The van der Waals surface area contributed by atoms with Crippen LogP contribution in [0.3, 0.4) is 0 Å². The van der Waals surface area contributed by atoms with E-state index in [2.05, 4.69) is 52.8 Å². The molecule has 0 heterocycles. The van der Waals surface area contributed by atoms with Crippen LogP contribution in [0.5, 0.6) is 5.75 Å². The van der Waals surface area contributed by atoms with Crippen molar-refractivity contribution in [1.82, 2.24) is 5.32 Å². The molecule has 0 amide bonds. The summed E-state index contributed by atoms with van der Waals surface area (Å²) in [5.74, 6) is 0.869.